The molecule has 0 amide bonds. The molecule has 2 aromatic heterocycles. The third kappa shape index (κ3) is 2.04. The molecule has 0 atom stereocenters. The summed E-state index contributed by atoms with van der Waals surface area (Å²) < 4.78 is 2.58. The minimum Gasteiger partial charge on any atom is -0.383 e. The fourth-order valence-electron chi connectivity index (χ4n) is 1.59. The molecular weight excluding hydrogens is 282 g/mol. The van der Waals surface area contributed by atoms with E-state index >= 15 is 0 Å². The maximum absolute atomic E-state index is 5.87. The van der Waals surface area contributed by atoms with Crippen molar-refractivity contribution in [2.75, 3.05) is 5.73 Å². The molecule has 0 fully saturated rings. The van der Waals surface area contributed by atoms with E-state index < -0.39 is 0 Å². The van der Waals surface area contributed by atoms with Crippen LogP contribution in [0.25, 0.3) is 11.4 Å². The van der Waals surface area contributed by atoms with Crippen molar-refractivity contribution in [3.8, 4) is 11.4 Å². The lowest BCUT2D eigenvalue weighted by Crippen LogP contribution is -2.02. The third-order valence-corrected chi connectivity index (χ3v) is 3.62. The van der Waals surface area contributed by atoms with E-state index in [0.717, 1.165) is 27.8 Å². The van der Waals surface area contributed by atoms with Crippen LogP contribution >= 0.6 is 15.9 Å². The number of nitrogen functional groups attached to an aromatic ring is 1. The number of halogens is 1. The summed E-state index contributed by atoms with van der Waals surface area (Å²) in [5.41, 5.74) is 8.72. The Hall–Kier alpha value is -1.43. The molecule has 0 aromatic carbocycles. The molecule has 90 valence electrons. The highest BCUT2D eigenvalue weighted by Gasteiger charge is 2.13. The normalized spacial score (nSPS) is 10.8. The van der Waals surface area contributed by atoms with Crippen LogP contribution in [0.15, 0.2) is 10.7 Å². The molecule has 2 rings (SSSR count). The van der Waals surface area contributed by atoms with Crippen LogP contribution in [-0.2, 0) is 13.5 Å². The maximum Gasteiger partial charge on any atom is 0.165 e. The van der Waals surface area contributed by atoms with Crippen molar-refractivity contribution in [2.24, 2.45) is 7.05 Å². The number of anilines is 1. The van der Waals surface area contributed by atoms with Crippen molar-refractivity contribution < 1.29 is 0 Å². The Kier molecular flexibility index (Phi) is 3.15. The predicted molar refractivity (Wildman–Crippen MR) is 70.5 cm³/mol. The summed E-state index contributed by atoms with van der Waals surface area (Å²) in [4.78, 5) is 8.80. The Bertz CT molecular complexity index is 561. The number of aromatic nitrogens is 4. The van der Waals surface area contributed by atoms with Crippen molar-refractivity contribution in [3.05, 3.63) is 22.1 Å². The first-order valence-corrected chi connectivity index (χ1v) is 6.14. The largest absolute Gasteiger partial charge is 0.383 e. The smallest absolute Gasteiger partial charge is 0.165 e. The molecule has 0 aliphatic heterocycles. The number of nitrogens with zero attached hydrogens (tertiary/aromatic N) is 4. The summed E-state index contributed by atoms with van der Waals surface area (Å²) >= 11 is 3.40. The average Bonchev–Trinajstić information content (AvgIpc) is 2.64. The average molecular weight is 296 g/mol. The molecule has 0 bridgehead atoms. The van der Waals surface area contributed by atoms with E-state index in [-0.39, 0.29) is 0 Å². The van der Waals surface area contributed by atoms with Crippen LogP contribution in [0.1, 0.15) is 18.3 Å². The fourth-order valence-corrected chi connectivity index (χ4v) is 2.04. The Morgan fingerprint density at radius 1 is 1.41 bits per heavy atom. The van der Waals surface area contributed by atoms with Gasteiger partial charge >= 0.3 is 0 Å². The zero-order chi connectivity index (χ0) is 12.6. The number of hydrogen-bond donors (Lipinski definition) is 1. The topological polar surface area (TPSA) is 69.6 Å². The van der Waals surface area contributed by atoms with Crippen molar-refractivity contribution in [3.63, 3.8) is 0 Å². The number of hydrogen-bond acceptors (Lipinski definition) is 4. The molecule has 0 aliphatic carbocycles. The number of nitrogens with two attached hydrogens (primary N) is 1. The van der Waals surface area contributed by atoms with Crippen LogP contribution in [-0.4, -0.2) is 19.7 Å². The second-order valence-electron chi connectivity index (χ2n) is 3.81. The van der Waals surface area contributed by atoms with Gasteiger partial charge < -0.3 is 5.73 Å². The highest BCUT2D eigenvalue weighted by Crippen LogP contribution is 2.26. The number of rotatable bonds is 2. The van der Waals surface area contributed by atoms with Crippen molar-refractivity contribution in [1.29, 1.82) is 0 Å². The molecule has 0 aliphatic rings. The van der Waals surface area contributed by atoms with Gasteiger partial charge in [-0.2, -0.15) is 5.10 Å². The minimum atomic E-state index is 0.468. The number of aryl methyl sites for hydroxylation is 2. The maximum atomic E-state index is 5.87. The third-order valence-electron chi connectivity index (χ3n) is 2.76. The van der Waals surface area contributed by atoms with Gasteiger partial charge in [-0.1, -0.05) is 6.92 Å². The van der Waals surface area contributed by atoms with Gasteiger partial charge in [0, 0.05) is 12.7 Å². The van der Waals surface area contributed by atoms with Crippen molar-refractivity contribution in [1.82, 2.24) is 19.7 Å². The van der Waals surface area contributed by atoms with Crippen LogP contribution < -0.4 is 5.73 Å². The molecule has 0 saturated heterocycles. The fraction of sp³-hybridized carbons (Fsp3) is 0.364. The summed E-state index contributed by atoms with van der Waals surface area (Å²) in [6.45, 7) is 4.02. The summed E-state index contributed by atoms with van der Waals surface area (Å²) in [7, 11) is 1.89. The Balaban J connectivity index is 2.61. The molecule has 0 unspecified atom stereocenters. The molecular formula is C11H14BrN5. The Labute approximate surface area is 108 Å². The summed E-state index contributed by atoms with van der Waals surface area (Å²) in [5, 5.41) is 4.18. The standard InChI is InChI=1S/C11H14BrN5/c1-4-8-9(12)10(13)16-11(15-8)7-5-14-17(3)6(7)2/h5H,4H2,1-3H3,(H2,13,15,16). The lowest BCUT2D eigenvalue weighted by molar-refractivity contribution is 0.740. The molecule has 6 heteroatoms. The van der Waals surface area contributed by atoms with Gasteiger partial charge in [0.2, 0.25) is 0 Å². The molecule has 2 aromatic rings. The highest BCUT2D eigenvalue weighted by molar-refractivity contribution is 9.10. The Morgan fingerprint density at radius 2 is 2.12 bits per heavy atom. The molecule has 0 radical (unpaired) electrons. The lowest BCUT2D eigenvalue weighted by atomic mass is 10.2. The van der Waals surface area contributed by atoms with Crippen LogP contribution in [0.5, 0.6) is 0 Å². The SMILES string of the molecule is CCc1nc(-c2cnn(C)c2C)nc(N)c1Br. The van der Waals surface area contributed by atoms with Gasteiger partial charge in [0.1, 0.15) is 5.82 Å². The first-order chi connectivity index (χ1) is 8.04. The van der Waals surface area contributed by atoms with Gasteiger partial charge in [0.05, 0.1) is 21.9 Å². The zero-order valence-electron chi connectivity index (χ0n) is 10.0. The first-order valence-electron chi connectivity index (χ1n) is 5.35. The van der Waals surface area contributed by atoms with Gasteiger partial charge in [0.15, 0.2) is 5.82 Å². The second kappa shape index (κ2) is 4.44. The summed E-state index contributed by atoms with van der Waals surface area (Å²) in [6.07, 6.45) is 2.57. The van der Waals surface area contributed by atoms with E-state index in [1.807, 2.05) is 20.9 Å². The van der Waals surface area contributed by atoms with E-state index in [1.54, 1.807) is 10.9 Å². The van der Waals surface area contributed by atoms with E-state index in [1.165, 1.54) is 0 Å². The predicted octanol–water partition coefficient (Wildman–Crippen LogP) is 2.09. The first kappa shape index (κ1) is 12.0. The second-order valence-corrected chi connectivity index (χ2v) is 4.61. The zero-order valence-corrected chi connectivity index (χ0v) is 11.6. The van der Waals surface area contributed by atoms with E-state index in [9.17, 15) is 0 Å². The van der Waals surface area contributed by atoms with Gasteiger partial charge in [-0.05, 0) is 29.3 Å². The van der Waals surface area contributed by atoms with E-state index in [2.05, 4.69) is 31.0 Å². The van der Waals surface area contributed by atoms with Gasteiger partial charge in [-0.3, -0.25) is 4.68 Å². The molecule has 5 nitrogen and oxygen atoms in total. The van der Waals surface area contributed by atoms with Gasteiger partial charge in [-0.25, -0.2) is 9.97 Å². The minimum absolute atomic E-state index is 0.468. The van der Waals surface area contributed by atoms with Crippen molar-refractivity contribution >= 4 is 21.7 Å². The Morgan fingerprint density at radius 3 is 2.65 bits per heavy atom. The molecule has 0 saturated carbocycles. The van der Waals surface area contributed by atoms with Gasteiger partial charge in [0.25, 0.3) is 0 Å². The van der Waals surface area contributed by atoms with Crippen LogP contribution in [0.3, 0.4) is 0 Å². The highest BCUT2D eigenvalue weighted by atomic mass is 79.9. The van der Waals surface area contributed by atoms with Crippen LogP contribution in [0, 0.1) is 6.92 Å². The monoisotopic (exact) mass is 295 g/mol. The quantitative estimate of drug-likeness (QED) is 0.921. The summed E-state index contributed by atoms with van der Waals surface area (Å²) in [6, 6.07) is 0. The van der Waals surface area contributed by atoms with Crippen LogP contribution in [0.4, 0.5) is 5.82 Å². The van der Waals surface area contributed by atoms with E-state index in [0.29, 0.717) is 11.6 Å². The lowest BCUT2D eigenvalue weighted by Gasteiger charge is -2.07. The molecule has 2 heterocycles. The van der Waals surface area contributed by atoms with E-state index in [4.69, 9.17) is 5.73 Å². The van der Waals surface area contributed by atoms with Crippen LogP contribution in [0.2, 0.25) is 0 Å². The molecule has 17 heavy (non-hydrogen) atoms. The van der Waals surface area contributed by atoms with Gasteiger partial charge in [-0.15, -0.1) is 0 Å². The molecule has 0 spiro atoms. The summed E-state index contributed by atoms with van der Waals surface area (Å²) in [5.74, 6) is 1.10. The molecule has 2 N–H and O–H groups in total. The van der Waals surface area contributed by atoms with Crippen molar-refractivity contribution in [2.45, 2.75) is 20.3 Å².